The van der Waals surface area contributed by atoms with Crippen molar-refractivity contribution in [3.05, 3.63) is 35.9 Å². The van der Waals surface area contributed by atoms with E-state index in [-0.39, 0.29) is 19.1 Å². The van der Waals surface area contributed by atoms with Gasteiger partial charge < -0.3 is 10.5 Å². The molecule has 0 aliphatic carbocycles. The molecule has 6 nitrogen and oxygen atoms in total. The lowest BCUT2D eigenvalue weighted by Gasteiger charge is -2.32. The van der Waals surface area contributed by atoms with Gasteiger partial charge in [0.1, 0.15) is 6.61 Å². The van der Waals surface area contributed by atoms with Crippen LogP contribution in [0, 0.1) is 11.3 Å². The Bertz CT molecular complexity index is 622. The number of hydrogen-bond acceptors (Lipinski definition) is 4. The third-order valence-corrected chi connectivity index (χ3v) is 4.26. The number of primary amides is 1. The van der Waals surface area contributed by atoms with Crippen molar-refractivity contribution in [2.45, 2.75) is 39.7 Å². The van der Waals surface area contributed by atoms with E-state index in [0.717, 1.165) is 10.5 Å². The monoisotopic (exact) mass is 332 g/mol. The normalized spacial score (nSPS) is 19.0. The van der Waals surface area contributed by atoms with Crippen molar-refractivity contribution in [3.63, 3.8) is 0 Å². The van der Waals surface area contributed by atoms with E-state index in [4.69, 9.17) is 10.5 Å². The van der Waals surface area contributed by atoms with Crippen molar-refractivity contribution in [2.75, 3.05) is 6.61 Å². The maximum Gasteiger partial charge on any atom is 0.416 e. The molecule has 6 heteroatoms. The summed E-state index contributed by atoms with van der Waals surface area (Å²) >= 11 is 0. The molecular weight excluding hydrogens is 308 g/mol. The third-order valence-electron chi connectivity index (χ3n) is 4.26. The molecule has 0 spiro atoms. The Morgan fingerprint density at radius 3 is 2.46 bits per heavy atom. The summed E-state index contributed by atoms with van der Waals surface area (Å²) in [6, 6.07) is 9.23. The smallest absolute Gasteiger partial charge is 0.416 e. The van der Waals surface area contributed by atoms with Gasteiger partial charge >= 0.3 is 6.09 Å². The molecule has 3 amide bonds. The van der Waals surface area contributed by atoms with Crippen LogP contribution in [0.2, 0.25) is 0 Å². The molecule has 130 valence electrons. The third kappa shape index (κ3) is 4.13. The van der Waals surface area contributed by atoms with Crippen molar-refractivity contribution in [1.82, 2.24) is 4.90 Å². The highest BCUT2D eigenvalue weighted by Crippen LogP contribution is 2.32. The molecule has 2 N–H and O–H groups in total. The molecule has 1 heterocycles. The highest BCUT2D eigenvalue weighted by molar-refractivity contribution is 5.96. The number of rotatable bonds is 5. The zero-order valence-electron chi connectivity index (χ0n) is 14.3. The van der Waals surface area contributed by atoms with Gasteiger partial charge in [0.25, 0.3) is 0 Å². The Labute approximate surface area is 142 Å². The summed E-state index contributed by atoms with van der Waals surface area (Å²) in [5, 5.41) is 0. The van der Waals surface area contributed by atoms with Crippen molar-refractivity contribution in [2.24, 2.45) is 17.1 Å². The van der Waals surface area contributed by atoms with Gasteiger partial charge in [0.05, 0.1) is 12.0 Å². The number of benzene rings is 1. The first-order chi connectivity index (χ1) is 11.2. The van der Waals surface area contributed by atoms with E-state index < -0.39 is 29.2 Å². The minimum absolute atomic E-state index is 0.0931. The molecular formula is C18H24N2O4. The van der Waals surface area contributed by atoms with Crippen LogP contribution in [0.1, 0.15) is 32.8 Å². The summed E-state index contributed by atoms with van der Waals surface area (Å²) in [5.74, 6) is -1.63. The second-order valence-corrected chi connectivity index (χ2v) is 7.22. The van der Waals surface area contributed by atoms with Gasteiger partial charge in [-0.15, -0.1) is 0 Å². The second kappa shape index (κ2) is 7.03. The summed E-state index contributed by atoms with van der Waals surface area (Å²) in [7, 11) is 0. The maximum absolute atomic E-state index is 13.0. The van der Waals surface area contributed by atoms with Gasteiger partial charge in [-0.3, -0.25) is 9.59 Å². The topological polar surface area (TPSA) is 89.7 Å². The van der Waals surface area contributed by atoms with Crippen LogP contribution in [0.4, 0.5) is 4.79 Å². The summed E-state index contributed by atoms with van der Waals surface area (Å²) < 4.78 is 5.09. The van der Waals surface area contributed by atoms with Gasteiger partial charge in [0.15, 0.2) is 0 Å². The number of nitrogens with two attached hydrogens (primary N) is 1. The fraction of sp³-hybridized carbons (Fsp3) is 0.500. The van der Waals surface area contributed by atoms with Crippen molar-refractivity contribution < 1.29 is 19.1 Å². The molecule has 0 bridgehead atoms. The van der Waals surface area contributed by atoms with Crippen molar-refractivity contribution >= 4 is 17.9 Å². The quantitative estimate of drug-likeness (QED) is 0.894. The Kier molecular flexibility index (Phi) is 5.26. The number of ether oxygens (including phenoxy) is 1. The van der Waals surface area contributed by atoms with Crippen LogP contribution in [0.15, 0.2) is 30.3 Å². The molecule has 0 saturated carbocycles. The summed E-state index contributed by atoms with van der Waals surface area (Å²) in [5.41, 5.74) is 5.81. The Balaban J connectivity index is 2.23. The number of carbonyl (C=O) groups excluding carboxylic acids is 3. The number of nitrogens with zero attached hydrogens (tertiary/aromatic N) is 1. The maximum atomic E-state index is 13.0. The minimum atomic E-state index is -0.668. The molecule has 2 rings (SSSR count). The SMILES string of the molecule is CC(C)(C)[C@@H](CC(N)=O)C(=O)N1C(=O)OC[C@H]1Cc1ccccc1. The van der Waals surface area contributed by atoms with E-state index in [1.807, 2.05) is 51.1 Å². The number of amides is 3. The highest BCUT2D eigenvalue weighted by Gasteiger charge is 2.44. The van der Waals surface area contributed by atoms with Crippen LogP contribution < -0.4 is 5.73 Å². The number of hydrogen-bond donors (Lipinski definition) is 1. The van der Waals surface area contributed by atoms with Gasteiger partial charge in [-0.25, -0.2) is 9.69 Å². The van der Waals surface area contributed by atoms with Gasteiger partial charge in [-0.05, 0) is 17.4 Å². The van der Waals surface area contributed by atoms with E-state index in [0.29, 0.717) is 6.42 Å². The van der Waals surface area contributed by atoms with E-state index in [1.165, 1.54) is 0 Å². The lowest BCUT2D eigenvalue weighted by molar-refractivity contribution is -0.139. The highest BCUT2D eigenvalue weighted by atomic mass is 16.6. The predicted molar refractivity (Wildman–Crippen MR) is 88.9 cm³/mol. The van der Waals surface area contributed by atoms with Gasteiger partial charge in [0, 0.05) is 6.42 Å². The van der Waals surface area contributed by atoms with Crippen LogP contribution in [0.25, 0.3) is 0 Å². The molecule has 0 aromatic heterocycles. The fourth-order valence-corrected chi connectivity index (χ4v) is 2.90. The first kappa shape index (κ1) is 18.0. The zero-order chi connectivity index (χ0) is 17.9. The number of imide groups is 1. The van der Waals surface area contributed by atoms with Crippen LogP contribution in [0.3, 0.4) is 0 Å². The molecule has 1 aromatic rings. The first-order valence-electron chi connectivity index (χ1n) is 8.02. The molecule has 2 atom stereocenters. The van der Waals surface area contributed by atoms with E-state index in [9.17, 15) is 14.4 Å². The lowest BCUT2D eigenvalue weighted by Crippen LogP contribution is -2.47. The van der Waals surface area contributed by atoms with Gasteiger partial charge in [-0.2, -0.15) is 0 Å². The lowest BCUT2D eigenvalue weighted by atomic mass is 9.77. The zero-order valence-corrected chi connectivity index (χ0v) is 14.3. The number of carbonyl (C=O) groups is 3. The molecule has 0 radical (unpaired) electrons. The summed E-state index contributed by atoms with van der Waals surface area (Å²) in [6.07, 6.45) is -0.227. The molecule has 1 aliphatic heterocycles. The fourth-order valence-electron chi connectivity index (χ4n) is 2.90. The molecule has 0 unspecified atom stereocenters. The first-order valence-corrected chi connectivity index (χ1v) is 8.02. The van der Waals surface area contributed by atoms with Crippen LogP contribution >= 0.6 is 0 Å². The Morgan fingerprint density at radius 2 is 1.92 bits per heavy atom. The van der Waals surface area contributed by atoms with Crippen molar-refractivity contribution in [1.29, 1.82) is 0 Å². The molecule has 1 aliphatic rings. The Morgan fingerprint density at radius 1 is 1.29 bits per heavy atom. The second-order valence-electron chi connectivity index (χ2n) is 7.22. The minimum Gasteiger partial charge on any atom is -0.447 e. The van der Waals surface area contributed by atoms with E-state index >= 15 is 0 Å². The van der Waals surface area contributed by atoms with Crippen LogP contribution in [-0.2, 0) is 20.7 Å². The molecule has 1 saturated heterocycles. The largest absolute Gasteiger partial charge is 0.447 e. The van der Waals surface area contributed by atoms with Crippen molar-refractivity contribution in [3.8, 4) is 0 Å². The molecule has 1 aromatic carbocycles. The van der Waals surface area contributed by atoms with E-state index in [1.54, 1.807) is 0 Å². The molecule has 1 fully saturated rings. The standard InChI is InChI=1S/C18H24N2O4/c1-18(2,3)14(10-15(19)21)16(22)20-13(11-24-17(20)23)9-12-7-5-4-6-8-12/h4-8,13-14H,9-11H2,1-3H3,(H2,19,21)/t13-,14+/m1/s1. The van der Waals surface area contributed by atoms with Gasteiger partial charge in [-0.1, -0.05) is 51.1 Å². The summed E-state index contributed by atoms with van der Waals surface area (Å²) in [6.45, 7) is 5.72. The molecule has 24 heavy (non-hydrogen) atoms. The Hall–Kier alpha value is -2.37. The van der Waals surface area contributed by atoms with E-state index in [2.05, 4.69) is 0 Å². The summed E-state index contributed by atoms with van der Waals surface area (Å²) in [4.78, 5) is 37.6. The average molecular weight is 332 g/mol. The number of cyclic esters (lactones) is 1. The predicted octanol–water partition coefficient (Wildman–Crippen LogP) is 2.11. The van der Waals surface area contributed by atoms with Gasteiger partial charge in [0.2, 0.25) is 11.8 Å². The average Bonchev–Trinajstić information content (AvgIpc) is 2.85. The van der Waals surface area contributed by atoms with Crippen LogP contribution in [0.5, 0.6) is 0 Å². The van der Waals surface area contributed by atoms with Crippen LogP contribution in [-0.4, -0.2) is 35.5 Å².